The number of halogens is 1. The van der Waals surface area contributed by atoms with Gasteiger partial charge in [0, 0.05) is 13.1 Å². The molecule has 96 valence electrons. The Bertz CT molecular complexity index is 541. The molecule has 0 saturated heterocycles. The quantitative estimate of drug-likeness (QED) is 0.915. The average Bonchev–Trinajstić information content (AvgIpc) is 2.76. The first-order valence-corrected chi connectivity index (χ1v) is 5.77. The molecule has 0 atom stereocenters. The highest BCUT2D eigenvalue weighted by atomic mass is 35.5. The molecular formula is C10H13ClN6O. The Hall–Kier alpha value is -1.89. The maximum Gasteiger partial charge on any atom is 0.328 e. The Kier molecular flexibility index (Phi) is 3.61. The summed E-state index contributed by atoms with van der Waals surface area (Å²) < 4.78 is 7.24. The van der Waals surface area contributed by atoms with Crippen molar-refractivity contribution in [2.75, 3.05) is 12.4 Å². The minimum Gasteiger partial charge on any atom is -0.421 e. The van der Waals surface area contributed by atoms with Crippen molar-refractivity contribution in [3.63, 3.8) is 0 Å². The molecule has 2 aromatic rings. The minimum absolute atomic E-state index is 0.0700. The number of anilines is 1. The van der Waals surface area contributed by atoms with Crippen LogP contribution < -0.4 is 10.1 Å². The molecule has 18 heavy (non-hydrogen) atoms. The lowest BCUT2D eigenvalue weighted by Gasteiger charge is -2.04. The molecule has 0 bridgehead atoms. The largest absolute Gasteiger partial charge is 0.421 e. The number of nitrogens with zero attached hydrogens (tertiary/aromatic N) is 5. The van der Waals surface area contributed by atoms with E-state index in [0.29, 0.717) is 11.7 Å². The molecule has 0 aliphatic heterocycles. The first-order chi connectivity index (χ1) is 8.58. The number of aromatic nitrogens is 5. The van der Waals surface area contributed by atoms with Crippen molar-refractivity contribution in [2.24, 2.45) is 0 Å². The minimum atomic E-state index is 0.0700. The van der Waals surface area contributed by atoms with E-state index in [2.05, 4.69) is 25.4 Å². The summed E-state index contributed by atoms with van der Waals surface area (Å²) in [5, 5.41) is 6.99. The van der Waals surface area contributed by atoms with Crippen LogP contribution in [0.4, 0.5) is 5.95 Å². The predicted octanol–water partition coefficient (Wildman–Crippen LogP) is 2.14. The fraction of sp³-hybridized carbons (Fsp3) is 0.400. The van der Waals surface area contributed by atoms with Gasteiger partial charge in [-0.1, -0.05) is 0 Å². The van der Waals surface area contributed by atoms with Gasteiger partial charge in [0.2, 0.25) is 11.2 Å². The van der Waals surface area contributed by atoms with Crippen molar-refractivity contribution in [2.45, 2.75) is 19.9 Å². The van der Waals surface area contributed by atoms with E-state index in [1.807, 2.05) is 13.8 Å². The monoisotopic (exact) mass is 268 g/mol. The Labute approximate surface area is 109 Å². The molecule has 0 amide bonds. The summed E-state index contributed by atoms with van der Waals surface area (Å²) in [4.78, 5) is 11.8. The second-order valence-electron chi connectivity index (χ2n) is 3.81. The van der Waals surface area contributed by atoms with Gasteiger partial charge in [0.05, 0.1) is 12.4 Å². The van der Waals surface area contributed by atoms with Crippen LogP contribution in [0.3, 0.4) is 0 Å². The summed E-state index contributed by atoms with van der Waals surface area (Å²) in [6.45, 7) is 4.05. The van der Waals surface area contributed by atoms with Gasteiger partial charge in [-0.25, -0.2) is 0 Å². The Morgan fingerprint density at radius 3 is 2.72 bits per heavy atom. The topological polar surface area (TPSA) is 77.8 Å². The molecule has 0 saturated carbocycles. The van der Waals surface area contributed by atoms with Gasteiger partial charge in [0.1, 0.15) is 0 Å². The smallest absolute Gasteiger partial charge is 0.328 e. The molecule has 2 heterocycles. The normalized spacial score (nSPS) is 10.7. The van der Waals surface area contributed by atoms with E-state index >= 15 is 0 Å². The van der Waals surface area contributed by atoms with E-state index in [1.54, 1.807) is 24.1 Å². The summed E-state index contributed by atoms with van der Waals surface area (Å²) in [6, 6.07) is 0.389. The number of ether oxygens (including phenoxy) is 1. The Morgan fingerprint density at radius 1 is 1.33 bits per heavy atom. The molecular weight excluding hydrogens is 256 g/mol. The standard InChI is InChI=1S/C10H13ClN6O/c1-6(2)17-5-7(4-13-17)18-10-15-8(11)14-9(12-3)16-10/h4-6H,1-3H3,(H,12,14,15,16). The molecule has 0 unspecified atom stereocenters. The number of rotatable bonds is 4. The highest BCUT2D eigenvalue weighted by Crippen LogP contribution is 2.20. The van der Waals surface area contributed by atoms with Crippen LogP contribution in [0.1, 0.15) is 19.9 Å². The van der Waals surface area contributed by atoms with Gasteiger partial charge in [-0.2, -0.15) is 20.1 Å². The van der Waals surface area contributed by atoms with Crippen molar-refractivity contribution in [3.8, 4) is 11.8 Å². The lowest BCUT2D eigenvalue weighted by atomic mass is 10.4. The summed E-state index contributed by atoms with van der Waals surface area (Å²) in [6.07, 6.45) is 3.36. The van der Waals surface area contributed by atoms with Crippen LogP contribution in [-0.4, -0.2) is 31.8 Å². The molecule has 0 fully saturated rings. The molecule has 0 aromatic carbocycles. The van der Waals surface area contributed by atoms with E-state index in [1.165, 1.54) is 0 Å². The van der Waals surface area contributed by atoms with Crippen LogP contribution in [0.5, 0.6) is 11.8 Å². The van der Waals surface area contributed by atoms with Crippen LogP contribution in [0.15, 0.2) is 12.4 Å². The Balaban J connectivity index is 2.19. The highest BCUT2D eigenvalue weighted by molar-refractivity contribution is 6.28. The first kappa shape index (κ1) is 12.6. The van der Waals surface area contributed by atoms with Gasteiger partial charge < -0.3 is 10.1 Å². The van der Waals surface area contributed by atoms with Crippen molar-refractivity contribution in [3.05, 3.63) is 17.7 Å². The third kappa shape index (κ3) is 2.86. The summed E-state index contributed by atoms with van der Waals surface area (Å²) >= 11 is 5.75. The third-order valence-electron chi connectivity index (χ3n) is 2.13. The van der Waals surface area contributed by atoms with Crippen molar-refractivity contribution < 1.29 is 4.74 Å². The van der Waals surface area contributed by atoms with Gasteiger partial charge >= 0.3 is 6.01 Å². The van der Waals surface area contributed by atoms with Crippen molar-refractivity contribution in [1.82, 2.24) is 24.7 Å². The number of hydrogen-bond donors (Lipinski definition) is 1. The van der Waals surface area contributed by atoms with Gasteiger partial charge in [-0.3, -0.25) is 4.68 Å². The molecule has 7 nitrogen and oxygen atoms in total. The third-order valence-corrected chi connectivity index (χ3v) is 2.30. The van der Waals surface area contributed by atoms with Crippen molar-refractivity contribution >= 4 is 17.5 Å². The van der Waals surface area contributed by atoms with Crippen molar-refractivity contribution in [1.29, 1.82) is 0 Å². The number of hydrogen-bond acceptors (Lipinski definition) is 6. The maximum absolute atomic E-state index is 5.75. The first-order valence-electron chi connectivity index (χ1n) is 5.40. The number of nitrogens with one attached hydrogen (secondary N) is 1. The molecule has 0 aliphatic rings. The summed E-state index contributed by atoms with van der Waals surface area (Å²) in [5.74, 6) is 0.897. The highest BCUT2D eigenvalue weighted by Gasteiger charge is 2.08. The van der Waals surface area contributed by atoms with E-state index in [-0.39, 0.29) is 17.3 Å². The van der Waals surface area contributed by atoms with Crippen LogP contribution in [-0.2, 0) is 0 Å². The second-order valence-corrected chi connectivity index (χ2v) is 4.15. The fourth-order valence-electron chi connectivity index (χ4n) is 1.25. The molecule has 2 rings (SSSR count). The molecule has 2 aromatic heterocycles. The van der Waals surface area contributed by atoms with Crippen LogP contribution in [0.25, 0.3) is 0 Å². The lowest BCUT2D eigenvalue weighted by molar-refractivity contribution is 0.438. The van der Waals surface area contributed by atoms with E-state index in [4.69, 9.17) is 16.3 Å². The van der Waals surface area contributed by atoms with Gasteiger partial charge in [0.15, 0.2) is 5.75 Å². The van der Waals surface area contributed by atoms with Crippen LogP contribution >= 0.6 is 11.6 Å². The van der Waals surface area contributed by atoms with Crippen LogP contribution in [0.2, 0.25) is 5.28 Å². The summed E-state index contributed by atoms with van der Waals surface area (Å²) in [5.41, 5.74) is 0. The fourth-order valence-corrected chi connectivity index (χ4v) is 1.40. The van der Waals surface area contributed by atoms with E-state index in [9.17, 15) is 0 Å². The molecule has 1 N–H and O–H groups in total. The van der Waals surface area contributed by atoms with E-state index in [0.717, 1.165) is 0 Å². The molecule has 0 radical (unpaired) electrons. The van der Waals surface area contributed by atoms with Gasteiger partial charge in [0.25, 0.3) is 0 Å². The predicted molar refractivity (Wildman–Crippen MR) is 67.1 cm³/mol. The molecule has 8 heteroatoms. The Morgan fingerprint density at radius 2 is 2.11 bits per heavy atom. The zero-order chi connectivity index (χ0) is 13.1. The average molecular weight is 269 g/mol. The molecule has 0 aliphatic carbocycles. The van der Waals surface area contributed by atoms with Gasteiger partial charge in [-0.05, 0) is 25.4 Å². The maximum atomic E-state index is 5.75. The lowest BCUT2D eigenvalue weighted by Crippen LogP contribution is -2.01. The van der Waals surface area contributed by atoms with Crippen LogP contribution in [0, 0.1) is 0 Å². The zero-order valence-corrected chi connectivity index (χ0v) is 11.0. The summed E-state index contributed by atoms with van der Waals surface area (Å²) in [7, 11) is 1.69. The van der Waals surface area contributed by atoms with E-state index < -0.39 is 0 Å². The molecule has 0 spiro atoms. The zero-order valence-electron chi connectivity index (χ0n) is 10.3. The van der Waals surface area contributed by atoms with Gasteiger partial charge in [-0.15, -0.1) is 0 Å². The SMILES string of the molecule is CNc1nc(Cl)nc(Oc2cnn(C(C)C)c2)n1. The second kappa shape index (κ2) is 5.18.